The number of rotatable bonds is 6. The minimum atomic E-state index is 0.858. The maximum absolute atomic E-state index is 5.36. The second-order valence-electron chi connectivity index (χ2n) is 4.68. The van der Waals surface area contributed by atoms with Crippen LogP contribution in [0, 0.1) is 0 Å². The molecule has 0 saturated carbocycles. The van der Waals surface area contributed by atoms with Crippen LogP contribution in [0.5, 0.6) is 5.75 Å². The van der Waals surface area contributed by atoms with Crippen LogP contribution >= 0.6 is 15.9 Å². The van der Waals surface area contributed by atoms with E-state index in [1.165, 1.54) is 31.5 Å². The van der Waals surface area contributed by atoms with Crippen LogP contribution in [0.1, 0.15) is 18.4 Å². The molecule has 0 radical (unpaired) electrons. The van der Waals surface area contributed by atoms with Gasteiger partial charge in [-0.05, 0) is 44.1 Å². The Balaban J connectivity index is 1.76. The second kappa shape index (κ2) is 7.12. The molecule has 0 amide bonds. The molecule has 100 valence electrons. The molecule has 1 aromatic rings. The Morgan fingerprint density at radius 2 is 2.11 bits per heavy atom. The van der Waals surface area contributed by atoms with Crippen molar-refractivity contribution in [2.75, 3.05) is 33.3 Å². The maximum Gasteiger partial charge on any atom is 0.123 e. The molecule has 4 heteroatoms. The molecule has 1 saturated heterocycles. The molecule has 1 fully saturated rings. The number of likely N-dealkylation sites (tertiary alicyclic amines) is 1. The number of hydrogen-bond acceptors (Lipinski definition) is 3. The third-order valence-electron chi connectivity index (χ3n) is 3.36. The number of nitrogens with one attached hydrogen (secondary N) is 1. The first-order valence-corrected chi connectivity index (χ1v) is 7.34. The standard InChI is InChI=1S/C14H21BrN2O/c1-18-14-5-4-13(15)10-12(14)11-16-6-9-17-7-2-3-8-17/h4-5,10,16H,2-3,6-9,11H2,1H3. The summed E-state index contributed by atoms with van der Waals surface area (Å²) in [5, 5.41) is 3.49. The number of ether oxygens (including phenoxy) is 1. The third-order valence-corrected chi connectivity index (χ3v) is 3.85. The summed E-state index contributed by atoms with van der Waals surface area (Å²) >= 11 is 3.50. The Morgan fingerprint density at radius 3 is 2.83 bits per heavy atom. The molecule has 2 rings (SSSR count). The largest absolute Gasteiger partial charge is 0.496 e. The molecular formula is C14H21BrN2O. The summed E-state index contributed by atoms with van der Waals surface area (Å²) < 4.78 is 6.46. The lowest BCUT2D eigenvalue weighted by Gasteiger charge is -2.15. The third kappa shape index (κ3) is 3.97. The van der Waals surface area contributed by atoms with E-state index in [0.717, 1.165) is 29.9 Å². The SMILES string of the molecule is COc1ccc(Br)cc1CNCCN1CCCC1. The van der Waals surface area contributed by atoms with Crippen LogP contribution in [0.2, 0.25) is 0 Å². The van der Waals surface area contributed by atoms with Gasteiger partial charge in [-0.25, -0.2) is 0 Å². The van der Waals surface area contributed by atoms with Gasteiger partial charge in [0.2, 0.25) is 0 Å². The van der Waals surface area contributed by atoms with Crippen LogP contribution in [0.3, 0.4) is 0 Å². The average Bonchev–Trinajstić information content (AvgIpc) is 2.88. The van der Waals surface area contributed by atoms with Gasteiger partial charge in [0.05, 0.1) is 7.11 Å². The van der Waals surface area contributed by atoms with Gasteiger partial charge in [0.1, 0.15) is 5.75 Å². The fourth-order valence-electron chi connectivity index (χ4n) is 2.35. The quantitative estimate of drug-likeness (QED) is 0.817. The van der Waals surface area contributed by atoms with Gasteiger partial charge in [0.25, 0.3) is 0 Å². The Hall–Kier alpha value is -0.580. The molecule has 1 aliphatic heterocycles. The first kappa shape index (κ1) is 13.8. The van der Waals surface area contributed by atoms with Crippen molar-refractivity contribution in [3.8, 4) is 5.75 Å². The Bertz CT molecular complexity index is 378. The number of hydrogen-bond donors (Lipinski definition) is 1. The fourth-order valence-corrected chi connectivity index (χ4v) is 2.76. The topological polar surface area (TPSA) is 24.5 Å². The van der Waals surface area contributed by atoms with Gasteiger partial charge in [-0.1, -0.05) is 15.9 Å². The maximum atomic E-state index is 5.36. The lowest BCUT2D eigenvalue weighted by molar-refractivity contribution is 0.335. The van der Waals surface area contributed by atoms with Crippen molar-refractivity contribution in [3.63, 3.8) is 0 Å². The van der Waals surface area contributed by atoms with Crippen molar-refractivity contribution < 1.29 is 4.74 Å². The van der Waals surface area contributed by atoms with E-state index in [-0.39, 0.29) is 0 Å². The van der Waals surface area contributed by atoms with Gasteiger partial charge in [-0.2, -0.15) is 0 Å². The zero-order chi connectivity index (χ0) is 12.8. The molecule has 1 heterocycles. The van der Waals surface area contributed by atoms with Crippen LogP contribution < -0.4 is 10.1 Å². The predicted molar refractivity (Wildman–Crippen MR) is 78.1 cm³/mol. The van der Waals surface area contributed by atoms with Crippen LogP contribution in [0.15, 0.2) is 22.7 Å². The predicted octanol–water partition coefficient (Wildman–Crippen LogP) is 2.64. The molecular weight excluding hydrogens is 292 g/mol. The van der Waals surface area contributed by atoms with Crippen LogP contribution in [0.4, 0.5) is 0 Å². The van der Waals surface area contributed by atoms with Gasteiger partial charge in [0.15, 0.2) is 0 Å². The van der Waals surface area contributed by atoms with Crippen molar-refractivity contribution in [1.82, 2.24) is 10.2 Å². The highest BCUT2D eigenvalue weighted by atomic mass is 79.9. The van der Waals surface area contributed by atoms with E-state index in [1.54, 1.807) is 7.11 Å². The number of benzene rings is 1. The summed E-state index contributed by atoms with van der Waals surface area (Å²) in [5.74, 6) is 0.951. The molecule has 3 nitrogen and oxygen atoms in total. The summed E-state index contributed by atoms with van der Waals surface area (Å²) in [5.41, 5.74) is 1.20. The number of nitrogens with zero attached hydrogens (tertiary/aromatic N) is 1. The van der Waals surface area contributed by atoms with E-state index in [1.807, 2.05) is 12.1 Å². The molecule has 1 aliphatic rings. The second-order valence-corrected chi connectivity index (χ2v) is 5.60. The van der Waals surface area contributed by atoms with Crippen molar-refractivity contribution in [3.05, 3.63) is 28.2 Å². The van der Waals surface area contributed by atoms with E-state index in [4.69, 9.17) is 4.74 Å². The zero-order valence-electron chi connectivity index (χ0n) is 10.9. The highest BCUT2D eigenvalue weighted by molar-refractivity contribution is 9.10. The summed E-state index contributed by atoms with van der Waals surface area (Å²) in [6.07, 6.45) is 2.72. The highest BCUT2D eigenvalue weighted by Crippen LogP contribution is 2.22. The minimum absolute atomic E-state index is 0.858. The van der Waals surface area contributed by atoms with Crippen molar-refractivity contribution in [2.45, 2.75) is 19.4 Å². The molecule has 1 N–H and O–H groups in total. The lowest BCUT2D eigenvalue weighted by Crippen LogP contribution is -2.29. The zero-order valence-corrected chi connectivity index (χ0v) is 12.5. The van der Waals surface area contributed by atoms with Gasteiger partial charge < -0.3 is 15.0 Å². The average molecular weight is 313 g/mol. The monoisotopic (exact) mass is 312 g/mol. The first-order valence-electron chi connectivity index (χ1n) is 6.55. The van der Waals surface area contributed by atoms with E-state index < -0.39 is 0 Å². The molecule has 0 atom stereocenters. The Morgan fingerprint density at radius 1 is 1.33 bits per heavy atom. The van der Waals surface area contributed by atoms with E-state index in [2.05, 4.69) is 32.2 Å². The summed E-state index contributed by atoms with van der Waals surface area (Å²) in [6.45, 7) is 5.58. The fraction of sp³-hybridized carbons (Fsp3) is 0.571. The van der Waals surface area contributed by atoms with Gasteiger partial charge in [0, 0.05) is 29.7 Å². The lowest BCUT2D eigenvalue weighted by atomic mass is 10.2. The van der Waals surface area contributed by atoms with E-state index in [9.17, 15) is 0 Å². The van der Waals surface area contributed by atoms with Crippen molar-refractivity contribution >= 4 is 15.9 Å². The molecule has 0 aromatic heterocycles. The minimum Gasteiger partial charge on any atom is -0.496 e. The summed E-state index contributed by atoms with van der Waals surface area (Å²) in [6, 6.07) is 6.12. The molecule has 1 aromatic carbocycles. The van der Waals surface area contributed by atoms with Crippen LogP contribution in [0.25, 0.3) is 0 Å². The highest BCUT2D eigenvalue weighted by Gasteiger charge is 2.10. The van der Waals surface area contributed by atoms with Crippen LogP contribution in [-0.2, 0) is 6.54 Å². The molecule has 18 heavy (non-hydrogen) atoms. The van der Waals surface area contributed by atoms with Gasteiger partial charge >= 0.3 is 0 Å². The van der Waals surface area contributed by atoms with E-state index >= 15 is 0 Å². The summed E-state index contributed by atoms with van der Waals surface area (Å²) in [4.78, 5) is 2.52. The van der Waals surface area contributed by atoms with Gasteiger partial charge in [-0.15, -0.1) is 0 Å². The summed E-state index contributed by atoms with van der Waals surface area (Å²) in [7, 11) is 1.72. The molecule has 0 aliphatic carbocycles. The first-order chi connectivity index (χ1) is 8.79. The number of methoxy groups -OCH3 is 1. The van der Waals surface area contributed by atoms with E-state index in [0.29, 0.717) is 0 Å². The van der Waals surface area contributed by atoms with Gasteiger partial charge in [-0.3, -0.25) is 0 Å². The van der Waals surface area contributed by atoms with Crippen LogP contribution in [-0.4, -0.2) is 38.2 Å². The number of halogens is 1. The molecule has 0 unspecified atom stereocenters. The Labute approximate surface area is 118 Å². The molecule has 0 bridgehead atoms. The molecule has 0 spiro atoms. The Kier molecular flexibility index (Phi) is 5.47. The van der Waals surface area contributed by atoms with Crippen molar-refractivity contribution in [2.24, 2.45) is 0 Å². The smallest absolute Gasteiger partial charge is 0.123 e. The van der Waals surface area contributed by atoms with Crippen molar-refractivity contribution in [1.29, 1.82) is 0 Å². The normalized spacial score (nSPS) is 16.1.